The molecule has 6 heteroatoms. The summed E-state index contributed by atoms with van der Waals surface area (Å²) in [6.45, 7) is 11.1. The molecule has 35 heavy (non-hydrogen) atoms. The number of pyridine rings is 1. The number of hydrogen-bond donors (Lipinski definition) is 1. The molecular formula is C29H39N3O3. The second-order valence-corrected chi connectivity index (χ2v) is 8.53. The van der Waals surface area contributed by atoms with Crippen molar-refractivity contribution in [3.05, 3.63) is 71.9 Å². The van der Waals surface area contributed by atoms with Crippen LogP contribution in [0.2, 0.25) is 0 Å². The smallest absolute Gasteiger partial charge is 0.213 e. The minimum absolute atomic E-state index is 0.190. The van der Waals surface area contributed by atoms with Gasteiger partial charge in [0.15, 0.2) is 0 Å². The maximum atomic E-state index is 5.85. The van der Waals surface area contributed by atoms with Gasteiger partial charge in [0, 0.05) is 42.5 Å². The zero-order valence-corrected chi connectivity index (χ0v) is 21.7. The third-order valence-corrected chi connectivity index (χ3v) is 6.28. The number of hydrogen-bond acceptors (Lipinski definition) is 6. The van der Waals surface area contributed by atoms with E-state index in [1.807, 2.05) is 36.5 Å². The number of nitrogens with zero attached hydrogens (tertiary/aromatic N) is 2. The quantitative estimate of drug-likeness (QED) is 0.299. The molecule has 1 heterocycles. The molecule has 2 aromatic carbocycles. The van der Waals surface area contributed by atoms with E-state index in [-0.39, 0.29) is 6.04 Å². The van der Waals surface area contributed by atoms with Crippen molar-refractivity contribution in [2.45, 2.75) is 39.8 Å². The van der Waals surface area contributed by atoms with Crippen molar-refractivity contribution in [2.24, 2.45) is 0 Å². The SMILES string of the molecule is CCN(CC)CCCOc1ccc(-c2cc(CN[C@H](C)c3cccc(OC)c3)ccc2OC)cn1. The Morgan fingerprint density at radius 2 is 1.80 bits per heavy atom. The van der Waals surface area contributed by atoms with E-state index >= 15 is 0 Å². The first-order chi connectivity index (χ1) is 17.1. The van der Waals surface area contributed by atoms with E-state index in [9.17, 15) is 0 Å². The van der Waals surface area contributed by atoms with E-state index in [4.69, 9.17) is 14.2 Å². The minimum Gasteiger partial charge on any atom is -0.497 e. The average Bonchev–Trinajstić information content (AvgIpc) is 2.92. The predicted octanol–water partition coefficient (Wildman–Crippen LogP) is 5.73. The van der Waals surface area contributed by atoms with Crippen molar-refractivity contribution >= 4 is 0 Å². The zero-order chi connectivity index (χ0) is 25.0. The topological polar surface area (TPSA) is 55.9 Å². The summed E-state index contributed by atoms with van der Waals surface area (Å²) in [5, 5.41) is 3.60. The second-order valence-electron chi connectivity index (χ2n) is 8.53. The maximum absolute atomic E-state index is 5.85. The summed E-state index contributed by atoms with van der Waals surface area (Å²) < 4.78 is 16.8. The zero-order valence-electron chi connectivity index (χ0n) is 21.7. The molecule has 0 aliphatic carbocycles. The molecular weight excluding hydrogens is 438 g/mol. The van der Waals surface area contributed by atoms with Crippen LogP contribution in [-0.2, 0) is 6.54 Å². The normalized spacial score (nSPS) is 11.9. The Morgan fingerprint density at radius 3 is 2.49 bits per heavy atom. The standard InChI is InChI=1S/C29H39N3O3/c1-6-32(7-2)16-9-17-35-29-15-13-25(21-31-29)27-18-23(12-14-28(27)34-5)20-30-22(3)24-10-8-11-26(19-24)33-4/h8,10-15,18-19,21-22,30H,6-7,9,16-17,20H2,1-5H3/t22-/m1/s1. The van der Waals surface area contributed by atoms with Crippen molar-refractivity contribution in [1.29, 1.82) is 0 Å². The van der Waals surface area contributed by atoms with Crippen LogP contribution in [0.25, 0.3) is 11.1 Å². The highest BCUT2D eigenvalue weighted by atomic mass is 16.5. The van der Waals surface area contributed by atoms with Gasteiger partial charge >= 0.3 is 0 Å². The van der Waals surface area contributed by atoms with E-state index in [2.05, 4.69) is 60.2 Å². The van der Waals surface area contributed by atoms with Gasteiger partial charge in [-0.3, -0.25) is 0 Å². The summed E-state index contributed by atoms with van der Waals surface area (Å²) in [4.78, 5) is 6.92. The van der Waals surface area contributed by atoms with Gasteiger partial charge in [0.1, 0.15) is 11.5 Å². The molecule has 0 aliphatic rings. The fourth-order valence-electron chi connectivity index (χ4n) is 4.02. The van der Waals surface area contributed by atoms with Gasteiger partial charge in [-0.05, 0) is 67.9 Å². The van der Waals surface area contributed by atoms with Crippen LogP contribution in [0.4, 0.5) is 0 Å². The number of ether oxygens (including phenoxy) is 3. The lowest BCUT2D eigenvalue weighted by atomic mass is 10.0. The van der Waals surface area contributed by atoms with E-state index in [1.165, 1.54) is 11.1 Å². The summed E-state index contributed by atoms with van der Waals surface area (Å²) in [6, 6.07) is 18.6. The van der Waals surface area contributed by atoms with Crippen LogP contribution >= 0.6 is 0 Å². The molecule has 0 saturated carbocycles. The largest absolute Gasteiger partial charge is 0.497 e. The molecule has 0 radical (unpaired) electrons. The lowest BCUT2D eigenvalue weighted by Gasteiger charge is -2.17. The van der Waals surface area contributed by atoms with Crippen molar-refractivity contribution in [1.82, 2.24) is 15.2 Å². The molecule has 0 fully saturated rings. The minimum atomic E-state index is 0.190. The van der Waals surface area contributed by atoms with Gasteiger partial charge in [-0.15, -0.1) is 0 Å². The Balaban J connectivity index is 1.62. The van der Waals surface area contributed by atoms with Gasteiger partial charge < -0.3 is 24.4 Å². The van der Waals surface area contributed by atoms with Crippen molar-refractivity contribution < 1.29 is 14.2 Å². The van der Waals surface area contributed by atoms with E-state index in [0.29, 0.717) is 12.5 Å². The number of rotatable bonds is 14. The van der Waals surface area contributed by atoms with E-state index in [0.717, 1.165) is 55.2 Å². The third kappa shape index (κ3) is 7.70. The van der Waals surface area contributed by atoms with Crippen LogP contribution in [0, 0.1) is 0 Å². The third-order valence-electron chi connectivity index (χ3n) is 6.28. The van der Waals surface area contributed by atoms with Crippen LogP contribution in [-0.4, -0.2) is 50.3 Å². The fraction of sp³-hybridized carbons (Fsp3) is 0.414. The first kappa shape index (κ1) is 26.5. The van der Waals surface area contributed by atoms with Gasteiger partial charge in [-0.1, -0.05) is 32.0 Å². The van der Waals surface area contributed by atoms with Crippen LogP contribution in [0.5, 0.6) is 17.4 Å². The summed E-state index contributed by atoms with van der Waals surface area (Å²) in [5.41, 5.74) is 4.38. The molecule has 0 unspecified atom stereocenters. The summed E-state index contributed by atoms with van der Waals surface area (Å²) in [5.74, 6) is 2.34. The Bertz CT molecular complexity index is 1040. The Labute approximate surface area is 210 Å². The number of benzene rings is 2. The van der Waals surface area contributed by atoms with Gasteiger partial charge in [-0.25, -0.2) is 4.98 Å². The Kier molecular flexibility index (Phi) is 10.4. The van der Waals surface area contributed by atoms with E-state index < -0.39 is 0 Å². The van der Waals surface area contributed by atoms with Crippen molar-refractivity contribution in [3.63, 3.8) is 0 Å². The molecule has 3 rings (SSSR count). The number of methoxy groups -OCH3 is 2. The fourth-order valence-corrected chi connectivity index (χ4v) is 4.02. The first-order valence-electron chi connectivity index (χ1n) is 12.4. The van der Waals surface area contributed by atoms with Crippen molar-refractivity contribution in [2.75, 3.05) is 40.5 Å². The van der Waals surface area contributed by atoms with Gasteiger partial charge in [0.05, 0.1) is 20.8 Å². The molecule has 0 aliphatic heterocycles. The highest BCUT2D eigenvalue weighted by Crippen LogP contribution is 2.31. The molecule has 1 atom stereocenters. The Morgan fingerprint density at radius 1 is 0.971 bits per heavy atom. The van der Waals surface area contributed by atoms with Crippen LogP contribution in [0.15, 0.2) is 60.8 Å². The summed E-state index contributed by atoms with van der Waals surface area (Å²) in [6.07, 6.45) is 2.84. The lowest BCUT2D eigenvalue weighted by molar-refractivity contribution is 0.244. The first-order valence-corrected chi connectivity index (χ1v) is 12.4. The monoisotopic (exact) mass is 477 g/mol. The van der Waals surface area contributed by atoms with Crippen molar-refractivity contribution in [3.8, 4) is 28.5 Å². The Hall–Kier alpha value is -3.09. The van der Waals surface area contributed by atoms with Gasteiger partial charge in [0.2, 0.25) is 5.88 Å². The summed E-state index contributed by atoms with van der Waals surface area (Å²) >= 11 is 0. The number of aromatic nitrogens is 1. The molecule has 6 nitrogen and oxygen atoms in total. The van der Waals surface area contributed by atoms with Gasteiger partial charge in [0.25, 0.3) is 0 Å². The van der Waals surface area contributed by atoms with Gasteiger partial charge in [-0.2, -0.15) is 0 Å². The molecule has 0 spiro atoms. The molecule has 3 aromatic rings. The van der Waals surface area contributed by atoms with Crippen LogP contribution < -0.4 is 19.5 Å². The summed E-state index contributed by atoms with van der Waals surface area (Å²) in [7, 11) is 3.39. The highest BCUT2D eigenvalue weighted by molar-refractivity contribution is 5.70. The maximum Gasteiger partial charge on any atom is 0.213 e. The molecule has 0 bridgehead atoms. The molecule has 0 saturated heterocycles. The number of nitrogens with one attached hydrogen (secondary N) is 1. The van der Waals surface area contributed by atoms with Crippen LogP contribution in [0.1, 0.15) is 44.4 Å². The molecule has 1 aromatic heterocycles. The highest BCUT2D eigenvalue weighted by Gasteiger charge is 2.11. The second kappa shape index (κ2) is 13.7. The lowest BCUT2D eigenvalue weighted by Crippen LogP contribution is -2.25. The van der Waals surface area contributed by atoms with E-state index in [1.54, 1.807) is 14.2 Å². The van der Waals surface area contributed by atoms with Crippen LogP contribution in [0.3, 0.4) is 0 Å². The molecule has 0 amide bonds. The molecule has 188 valence electrons. The molecule has 1 N–H and O–H groups in total. The average molecular weight is 478 g/mol. The predicted molar refractivity (Wildman–Crippen MR) is 142 cm³/mol.